The minimum atomic E-state index is -0.792. The summed E-state index contributed by atoms with van der Waals surface area (Å²) in [5.74, 6) is -2.16. The number of nitrogen functional groups attached to an aromatic ring is 1. The van der Waals surface area contributed by atoms with E-state index in [2.05, 4.69) is 5.32 Å². The van der Waals surface area contributed by atoms with Crippen LogP contribution in [-0.2, 0) is 0 Å². The zero-order chi connectivity index (χ0) is 14.0. The van der Waals surface area contributed by atoms with Gasteiger partial charge in [0.2, 0.25) is 0 Å². The Bertz CT molecular complexity index is 621. The Kier molecular flexibility index (Phi) is 3.46. The summed E-state index contributed by atoms with van der Waals surface area (Å²) < 4.78 is 26.0. The number of carbonyl (C=O) groups excluding carboxylic acids is 1. The SMILES string of the molecule is Cc1cc(N)ccc1NC(=O)c1cc(F)cc(F)c1. The molecular weight excluding hydrogens is 250 g/mol. The van der Waals surface area contributed by atoms with E-state index in [0.717, 1.165) is 17.7 Å². The molecule has 5 heteroatoms. The molecule has 0 heterocycles. The first-order valence-corrected chi connectivity index (χ1v) is 5.59. The van der Waals surface area contributed by atoms with Crippen molar-refractivity contribution in [3.63, 3.8) is 0 Å². The minimum Gasteiger partial charge on any atom is -0.399 e. The summed E-state index contributed by atoms with van der Waals surface area (Å²) in [5.41, 5.74) is 7.41. The van der Waals surface area contributed by atoms with Gasteiger partial charge in [-0.05, 0) is 42.8 Å². The lowest BCUT2D eigenvalue weighted by atomic mass is 10.1. The number of hydrogen-bond acceptors (Lipinski definition) is 2. The molecule has 0 aliphatic rings. The van der Waals surface area contributed by atoms with Crippen molar-refractivity contribution in [1.29, 1.82) is 0 Å². The largest absolute Gasteiger partial charge is 0.399 e. The first-order valence-electron chi connectivity index (χ1n) is 5.59. The molecule has 0 saturated carbocycles. The molecule has 0 saturated heterocycles. The van der Waals surface area contributed by atoms with E-state index in [1.165, 1.54) is 0 Å². The molecular formula is C14H12F2N2O. The standard InChI is InChI=1S/C14H12F2N2O/c1-8-4-12(17)2-3-13(8)18-14(19)9-5-10(15)7-11(16)6-9/h2-7H,17H2,1H3,(H,18,19). The van der Waals surface area contributed by atoms with E-state index in [9.17, 15) is 13.6 Å². The summed E-state index contributed by atoms with van der Waals surface area (Å²) in [6.07, 6.45) is 0. The van der Waals surface area contributed by atoms with Gasteiger partial charge in [0.15, 0.2) is 0 Å². The molecule has 3 nitrogen and oxygen atoms in total. The van der Waals surface area contributed by atoms with Gasteiger partial charge >= 0.3 is 0 Å². The molecule has 0 unspecified atom stereocenters. The first-order chi connectivity index (χ1) is 8.95. The predicted octanol–water partition coefficient (Wildman–Crippen LogP) is 3.11. The Labute approximate surface area is 109 Å². The van der Waals surface area contributed by atoms with E-state index in [4.69, 9.17) is 5.73 Å². The van der Waals surface area contributed by atoms with Crippen molar-refractivity contribution in [3.05, 3.63) is 59.2 Å². The van der Waals surface area contributed by atoms with Crippen molar-refractivity contribution in [2.45, 2.75) is 6.92 Å². The normalized spacial score (nSPS) is 10.3. The Balaban J connectivity index is 2.25. The van der Waals surface area contributed by atoms with E-state index in [1.807, 2.05) is 0 Å². The fourth-order valence-corrected chi connectivity index (χ4v) is 1.71. The molecule has 0 radical (unpaired) electrons. The van der Waals surface area contributed by atoms with Gasteiger partial charge in [-0.2, -0.15) is 0 Å². The predicted molar refractivity (Wildman–Crippen MR) is 69.9 cm³/mol. The van der Waals surface area contributed by atoms with Crippen LogP contribution in [0.15, 0.2) is 36.4 Å². The first kappa shape index (κ1) is 13.0. The van der Waals surface area contributed by atoms with E-state index in [1.54, 1.807) is 25.1 Å². The second-order valence-corrected chi connectivity index (χ2v) is 4.19. The maximum absolute atomic E-state index is 13.0. The lowest BCUT2D eigenvalue weighted by molar-refractivity contribution is 0.102. The molecule has 3 N–H and O–H groups in total. The van der Waals surface area contributed by atoms with Crippen LogP contribution < -0.4 is 11.1 Å². The van der Waals surface area contributed by atoms with Crippen molar-refractivity contribution in [2.24, 2.45) is 0 Å². The molecule has 2 aromatic carbocycles. The number of carbonyl (C=O) groups is 1. The van der Waals surface area contributed by atoms with Gasteiger partial charge in [0.25, 0.3) is 5.91 Å². The number of benzene rings is 2. The fraction of sp³-hybridized carbons (Fsp3) is 0.0714. The average molecular weight is 262 g/mol. The van der Waals surface area contributed by atoms with Gasteiger partial charge in [-0.3, -0.25) is 4.79 Å². The molecule has 0 spiro atoms. The van der Waals surface area contributed by atoms with Gasteiger partial charge in [-0.25, -0.2) is 8.78 Å². The van der Waals surface area contributed by atoms with Crippen LogP contribution in [0.1, 0.15) is 15.9 Å². The van der Waals surface area contributed by atoms with Gasteiger partial charge in [-0.15, -0.1) is 0 Å². The molecule has 0 aliphatic heterocycles. The van der Waals surface area contributed by atoms with Gasteiger partial charge in [0.1, 0.15) is 11.6 Å². The molecule has 0 aromatic heterocycles. The van der Waals surface area contributed by atoms with Crippen LogP contribution in [0.25, 0.3) is 0 Å². The third-order valence-corrected chi connectivity index (χ3v) is 2.62. The molecule has 2 rings (SSSR count). The smallest absolute Gasteiger partial charge is 0.255 e. The second kappa shape index (κ2) is 5.06. The van der Waals surface area contributed by atoms with Crippen LogP contribution >= 0.6 is 0 Å². The van der Waals surface area contributed by atoms with Crippen molar-refractivity contribution in [1.82, 2.24) is 0 Å². The fourth-order valence-electron chi connectivity index (χ4n) is 1.71. The van der Waals surface area contributed by atoms with E-state index in [0.29, 0.717) is 17.4 Å². The van der Waals surface area contributed by atoms with Crippen LogP contribution in [0, 0.1) is 18.6 Å². The third kappa shape index (κ3) is 3.07. The lowest BCUT2D eigenvalue weighted by Gasteiger charge is -2.09. The molecule has 2 aromatic rings. The Morgan fingerprint density at radius 3 is 2.32 bits per heavy atom. The molecule has 0 aliphatic carbocycles. The molecule has 1 amide bonds. The summed E-state index contributed by atoms with van der Waals surface area (Å²) in [5, 5.41) is 2.58. The molecule has 98 valence electrons. The highest BCUT2D eigenvalue weighted by Gasteiger charge is 2.10. The quantitative estimate of drug-likeness (QED) is 0.817. The number of hydrogen-bond donors (Lipinski definition) is 2. The number of aryl methyl sites for hydroxylation is 1. The molecule has 0 atom stereocenters. The van der Waals surface area contributed by atoms with Crippen LogP contribution in [0.3, 0.4) is 0 Å². The number of nitrogens with one attached hydrogen (secondary N) is 1. The van der Waals surface area contributed by atoms with E-state index >= 15 is 0 Å². The maximum Gasteiger partial charge on any atom is 0.255 e. The number of rotatable bonds is 2. The number of anilines is 2. The molecule has 19 heavy (non-hydrogen) atoms. The molecule has 0 fully saturated rings. The van der Waals surface area contributed by atoms with E-state index < -0.39 is 17.5 Å². The average Bonchev–Trinajstić information content (AvgIpc) is 2.31. The van der Waals surface area contributed by atoms with Crippen LogP contribution in [0.4, 0.5) is 20.2 Å². The third-order valence-electron chi connectivity index (χ3n) is 2.62. The lowest BCUT2D eigenvalue weighted by Crippen LogP contribution is -2.13. The van der Waals surface area contributed by atoms with Gasteiger partial charge < -0.3 is 11.1 Å². The van der Waals surface area contributed by atoms with E-state index in [-0.39, 0.29) is 5.56 Å². The summed E-state index contributed by atoms with van der Waals surface area (Å²) in [7, 11) is 0. The monoisotopic (exact) mass is 262 g/mol. The van der Waals surface area contributed by atoms with Crippen LogP contribution in [0.5, 0.6) is 0 Å². The van der Waals surface area contributed by atoms with Crippen molar-refractivity contribution in [2.75, 3.05) is 11.1 Å². The zero-order valence-electron chi connectivity index (χ0n) is 10.2. The van der Waals surface area contributed by atoms with Crippen LogP contribution in [-0.4, -0.2) is 5.91 Å². The highest BCUT2D eigenvalue weighted by atomic mass is 19.1. The highest BCUT2D eigenvalue weighted by molar-refractivity contribution is 6.04. The summed E-state index contributed by atoms with van der Waals surface area (Å²) in [6, 6.07) is 7.64. The second-order valence-electron chi connectivity index (χ2n) is 4.19. The Hall–Kier alpha value is -2.43. The summed E-state index contributed by atoms with van der Waals surface area (Å²) >= 11 is 0. The van der Waals surface area contributed by atoms with Crippen molar-refractivity contribution < 1.29 is 13.6 Å². The minimum absolute atomic E-state index is 0.0753. The Morgan fingerprint density at radius 2 is 1.74 bits per heavy atom. The van der Waals surface area contributed by atoms with Gasteiger partial charge in [-0.1, -0.05) is 0 Å². The summed E-state index contributed by atoms with van der Waals surface area (Å²) in [4.78, 5) is 11.9. The van der Waals surface area contributed by atoms with Crippen LogP contribution in [0.2, 0.25) is 0 Å². The van der Waals surface area contributed by atoms with Crippen molar-refractivity contribution in [3.8, 4) is 0 Å². The Morgan fingerprint density at radius 1 is 1.11 bits per heavy atom. The number of halogens is 2. The molecule has 0 bridgehead atoms. The topological polar surface area (TPSA) is 55.1 Å². The van der Waals surface area contributed by atoms with Gasteiger partial charge in [0.05, 0.1) is 0 Å². The van der Waals surface area contributed by atoms with Crippen molar-refractivity contribution >= 4 is 17.3 Å². The highest BCUT2D eigenvalue weighted by Crippen LogP contribution is 2.19. The van der Waals surface area contributed by atoms with Gasteiger partial charge in [0, 0.05) is 23.0 Å². The summed E-state index contributed by atoms with van der Waals surface area (Å²) in [6.45, 7) is 1.78. The zero-order valence-corrected chi connectivity index (χ0v) is 10.2. The number of amides is 1. The maximum atomic E-state index is 13.0. The number of nitrogens with two attached hydrogens (primary N) is 1.